The van der Waals surface area contributed by atoms with Gasteiger partial charge in [0.1, 0.15) is 5.82 Å². The van der Waals surface area contributed by atoms with E-state index in [1.165, 1.54) is 12.1 Å². The number of imide groups is 1. The molecular weight excluding hydrogens is 259 g/mol. The third-order valence-electron chi connectivity index (χ3n) is 3.10. The van der Waals surface area contributed by atoms with Gasteiger partial charge in [-0.05, 0) is 17.7 Å². The molecule has 3 rings (SSSR count). The Labute approximate surface area is 106 Å². The maximum Gasteiger partial charge on any atom is 0.234 e. The van der Waals surface area contributed by atoms with Crippen molar-refractivity contribution in [2.24, 2.45) is 0 Å². The largest absolute Gasteiger partial charge is 0.361 e. The molecule has 1 saturated heterocycles. The molecule has 1 aliphatic heterocycles. The number of benzene rings is 1. The van der Waals surface area contributed by atoms with Crippen LogP contribution < -0.4 is 5.32 Å². The maximum atomic E-state index is 13.5. The van der Waals surface area contributed by atoms with Crippen LogP contribution in [0.4, 0.5) is 4.39 Å². The van der Waals surface area contributed by atoms with Crippen molar-refractivity contribution < 1.29 is 14.0 Å². The summed E-state index contributed by atoms with van der Waals surface area (Å²) in [6.45, 7) is 0. The van der Waals surface area contributed by atoms with Gasteiger partial charge in [-0.3, -0.25) is 14.9 Å². The number of carbonyl (C=O) groups is 2. The third kappa shape index (κ3) is 1.59. The van der Waals surface area contributed by atoms with Crippen molar-refractivity contribution in [1.82, 2.24) is 10.3 Å². The van der Waals surface area contributed by atoms with Gasteiger partial charge in [-0.15, -0.1) is 0 Å². The smallest absolute Gasteiger partial charge is 0.234 e. The quantitative estimate of drug-likeness (QED) is 0.777. The molecule has 4 nitrogen and oxygen atoms in total. The van der Waals surface area contributed by atoms with Crippen LogP contribution in [0.2, 0.25) is 5.02 Å². The minimum atomic E-state index is -0.563. The summed E-state index contributed by atoms with van der Waals surface area (Å²) in [6.07, 6.45) is 1.71. The zero-order valence-electron chi connectivity index (χ0n) is 9.09. The van der Waals surface area contributed by atoms with Gasteiger partial charge in [0.15, 0.2) is 0 Å². The fourth-order valence-electron chi connectivity index (χ4n) is 2.23. The van der Waals surface area contributed by atoms with Crippen molar-refractivity contribution in [2.75, 3.05) is 0 Å². The summed E-state index contributed by atoms with van der Waals surface area (Å²) in [5, 5.41) is 2.83. The topological polar surface area (TPSA) is 62.0 Å². The van der Waals surface area contributed by atoms with Gasteiger partial charge >= 0.3 is 0 Å². The van der Waals surface area contributed by atoms with Crippen LogP contribution in [-0.4, -0.2) is 16.8 Å². The molecule has 6 heteroatoms. The first-order valence-corrected chi connectivity index (χ1v) is 5.74. The number of rotatable bonds is 1. The molecule has 1 atom stereocenters. The maximum absolute atomic E-state index is 13.5. The number of halogens is 2. The Hall–Kier alpha value is -1.88. The van der Waals surface area contributed by atoms with Gasteiger partial charge in [0, 0.05) is 23.5 Å². The number of hydrogen-bond donors (Lipinski definition) is 2. The molecule has 1 fully saturated rings. The highest BCUT2D eigenvalue weighted by molar-refractivity contribution is 6.31. The van der Waals surface area contributed by atoms with Gasteiger partial charge in [-0.1, -0.05) is 11.6 Å². The highest BCUT2D eigenvalue weighted by Gasteiger charge is 2.33. The monoisotopic (exact) mass is 266 g/mol. The molecule has 0 radical (unpaired) electrons. The summed E-state index contributed by atoms with van der Waals surface area (Å²) in [6, 6.07) is 2.74. The lowest BCUT2D eigenvalue weighted by atomic mass is 9.97. The van der Waals surface area contributed by atoms with Crippen molar-refractivity contribution in [2.45, 2.75) is 12.3 Å². The van der Waals surface area contributed by atoms with Gasteiger partial charge in [0.2, 0.25) is 11.8 Å². The number of hydrogen-bond acceptors (Lipinski definition) is 2. The van der Waals surface area contributed by atoms with E-state index in [0.29, 0.717) is 16.5 Å². The first-order valence-electron chi connectivity index (χ1n) is 5.36. The third-order valence-corrected chi connectivity index (χ3v) is 3.39. The van der Waals surface area contributed by atoms with Gasteiger partial charge in [0.25, 0.3) is 0 Å². The Morgan fingerprint density at radius 3 is 2.78 bits per heavy atom. The average Bonchev–Trinajstić information content (AvgIpc) is 2.83. The molecule has 0 saturated carbocycles. The highest BCUT2D eigenvalue weighted by Crippen LogP contribution is 2.32. The summed E-state index contributed by atoms with van der Waals surface area (Å²) in [4.78, 5) is 25.7. The molecule has 0 unspecified atom stereocenters. The second-order valence-corrected chi connectivity index (χ2v) is 4.63. The SMILES string of the molecule is O=C1C[C@H](c2c[nH]c3cc(Cl)c(F)cc23)C(=O)N1. The number of aromatic amines is 1. The molecule has 18 heavy (non-hydrogen) atoms. The number of H-pyrrole nitrogens is 1. The normalized spacial score (nSPS) is 19.6. The fraction of sp³-hybridized carbons (Fsp3) is 0.167. The molecule has 1 aliphatic rings. The molecule has 0 spiro atoms. The van der Waals surface area contributed by atoms with E-state index in [9.17, 15) is 14.0 Å². The van der Waals surface area contributed by atoms with Crippen molar-refractivity contribution >= 4 is 34.3 Å². The summed E-state index contributed by atoms with van der Waals surface area (Å²) in [7, 11) is 0. The Morgan fingerprint density at radius 2 is 2.11 bits per heavy atom. The standard InChI is InChI=1S/C12H8ClFN2O2/c13-8-3-10-5(1-9(8)14)7(4-15-10)6-2-11(17)16-12(6)18/h1,3-4,6,15H,2H2,(H,16,17,18)/t6-/m1/s1. The van der Waals surface area contributed by atoms with Gasteiger partial charge in [-0.2, -0.15) is 0 Å². The van der Waals surface area contributed by atoms with E-state index in [1.54, 1.807) is 6.20 Å². The molecule has 2 N–H and O–H groups in total. The summed E-state index contributed by atoms with van der Waals surface area (Å²) >= 11 is 5.68. The predicted octanol–water partition coefficient (Wildman–Crippen LogP) is 2.09. The van der Waals surface area contributed by atoms with E-state index >= 15 is 0 Å². The van der Waals surface area contributed by atoms with Crippen LogP contribution in [0.3, 0.4) is 0 Å². The van der Waals surface area contributed by atoms with Crippen LogP contribution in [0, 0.1) is 5.82 Å². The highest BCUT2D eigenvalue weighted by atomic mass is 35.5. The number of aromatic nitrogens is 1. The predicted molar refractivity (Wildman–Crippen MR) is 63.8 cm³/mol. The molecular formula is C12H8ClFN2O2. The zero-order chi connectivity index (χ0) is 12.9. The van der Waals surface area contributed by atoms with Crippen LogP contribution >= 0.6 is 11.6 Å². The molecule has 1 aromatic carbocycles. The Bertz CT molecular complexity index is 680. The Kier molecular flexibility index (Phi) is 2.38. The first kappa shape index (κ1) is 11.2. The summed E-state index contributed by atoms with van der Waals surface area (Å²) in [5.74, 6) is -1.77. The molecule has 0 aliphatic carbocycles. The number of fused-ring (bicyclic) bond motifs is 1. The molecule has 92 valence electrons. The second-order valence-electron chi connectivity index (χ2n) is 4.23. The van der Waals surface area contributed by atoms with E-state index < -0.39 is 11.7 Å². The summed E-state index contributed by atoms with van der Waals surface area (Å²) < 4.78 is 13.5. The van der Waals surface area contributed by atoms with Crippen molar-refractivity contribution in [3.8, 4) is 0 Å². The lowest BCUT2D eigenvalue weighted by Crippen LogP contribution is -2.21. The molecule has 0 bridgehead atoms. The molecule has 1 aromatic heterocycles. The molecule has 2 heterocycles. The van der Waals surface area contributed by atoms with E-state index in [2.05, 4.69) is 10.3 Å². The zero-order valence-corrected chi connectivity index (χ0v) is 9.84. The van der Waals surface area contributed by atoms with Crippen molar-refractivity contribution in [1.29, 1.82) is 0 Å². The minimum Gasteiger partial charge on any atom is -0.361 e. The number of nitrogens with one attached hydrogen (secondary N) is 2. The Morgan fingerprint density at radius 1 is 1.33 bits per heavy atom. The van der Waals surface area contributed by atoms with E-state index in [1.807, 2.05) is 0 Å². The van der Waals surface area contributed by atoms with Crippen LogP contribution in [0.15, 0.2) is 18.3 Å². The first-order chi connectivity index (χ1) is 8.56. The molecule has 2 aromatic rings. The summed E-state index contributed by atoms with van der Waals surface area (Å²) in [5.41, 5.74) is 1.26. The Balaban J connectivity index is 2.16. The molecule has 2 amide bonds. The van der Waals surface area contributed by atoms with Crippen LogP contribution in [0.5, 0.6) is 0 Å². The van der Waals surface area contributed by atoms with Crippen LogP contribution in [0.1, 0.15) is 17.9 Å². The fourth-order valence-corrected chi connectivity index (χ4v) is 2.40. The van der Waals surface area contributed by atoms with Crippen LogP contribution in [0.25, 0.3) is 10.9 Å². The van der Waals surface area contributed by atoms with Gasteiger partial charge in [-0.25, -0.2) is 4.39 Å². The lowest BCUT2D eigenvalue weighted by Gasteiger charge is -2.04. The van der Waals surface area contributed by atoms with Crippen molar-refractivity contribution in [3.63, 3.8) is 0 Å². The van der Waals surface area contributed by atoms with Crippen LogP contribution in [-0.2, 0) is 9.59 Å². The van der Waals surface area contributed by atoms with E-state index in [-0.39, 0.29) is 23.3 Å². The average molecular weight is 267 g/mol. The minimum absolute atomic E-state index is 0.0165. The van der Waals surface area contributed by atoms with E-state index in [0.717, 1.165) is 0 Å². The van der Waals surface area contributed by atoms with Crippen molar-refractivity contribution in [3.05, 3.63) is 34.7 Å². The lowest BCUT2D eigenvalue weighted by molar-refractivity contribution is -0.125. The van der Waals surface area contributed by atoms with Gasteiger partial charge in [0.05, 0.1) is 10.9 Å². The number of carbonyl (C=O) groups excluding carboxylic acids is 2. The van der Waals surface area contributed by atoms with E-state index in [4.69, 9.17) is 11.6 Å². The second kappa shape index (κ2) is 3.81. The van der Waals surface area contributed by atoms with Gasteiger partial charge < -0.3 is 4.98 Å². The number of amides is 2.